The molecule has 4 nitrogen and oxygen atoms in total. The number of amides is 1. The summed E-state index contributed by atoms with van der Waals surface area (Å²) in [7, 11) is 1.62. The standard InChI is InChI=1S/C20H20N2O2S2/c1-24-15-5-2-4-14(12-15)21-19(23)13-22-9-7-17-16(8-11-26-17)20(22)18-6-3-10-25-18/h2-6,8,10-12,20H,7,9,13H2,1H3,(H,21,23)/t20-/m1/s1. The fourth-order valence-corrected chi connectivity index (χ4v) is 5.18. The van der Waals surface area contributed by atoms with Crippen molar-refractivity contribution in [3.8, 4) is 5.75 Å². The number of anilines is 1. The molecule has 0 saturated carbocycles. The number of nitrogens with zero attached hydrogens (tertiary/aromatic N) is 1. The zero-order chi connectivity index (χ0) is 17.9. The first-order chi connectivity index (χ1) is 12.7. The molecule has 0 unspecified atom stereocenters. The summed E-state index contributed by atoms with van der Waals surface area (Å²) in [6, 6.07) is 14.1. The topological polar surface area (TPSA) is 41.6 Å². The number of hydrogen-bond acceptors (Lipinski definition) is 5. The summed E-state index contributed by atoms with van der Waals surface area (Å²) >= 11 is 3.57. The maximum atomic E-state index is 12.7. The van der Waals surface area contributed by atoms with Gasteiger partial charge in [0.1, 0.15) is 5.75 Å². The average Bonchev–Trinajstić information content (AvgIpc) is 3.33. The van der Waals surface area contributed by atoms with Crippen molar-refractivity contribution in [1.82, 2.24) is 4.90 Å². The summed E-state index contributed by atoms with van der Waals surface area (Å²) in [4.78, 5) is 17.7. The van der Waals surface area contributed by atoms with E-state index in [0.717, 1.165) is 24.4 Å². The molecule has 0 bridgehead atoms. The Labute approximate surface area is 161 Å². The van der Waals surface area contributed by atoms with E-state index >= 15 is 0 Å². The Bertz CT molecular complexity index is 889. The predicted octanol–water partition coefficient (Wildman–Crippen LogP) is 4.40. The Kier molecular flexibility index (Phi) is 5.06. The smallest absolute Gasteiger partial charge is 0.238 e. The van der Waals surface area contributed by atoms with Crippen LogP contribution in [0, 0.1) is 0 Å². The molecule has 26 heavy (non-hydrogen) atoms. The van der Waals surface area contributed by atoms with Gasteiger partial charge < -0.3 is 10.1 Å². The first-order valence-electron chi connectivity index (χ1n) is 8.52. The molecule has 1 aromatic carbocycles. The molecule has 0 aliphatic carbocycles. The lowest BCUT2D eigenvalue weighted by molar-refractivity contribution is -0.117. The number of ether oxygens (including phenoxy) is 1. The molecule has 6 heteroatoms. The normalized spacial score (nSPS) is 16.9. The van der Waals surface area contributed by atoms with Crippen LogP contribution in [0.15, 0.2) is 53.2 Å². The third kappa shape index (κ3) is 3.53. The zero-order valence-electron chi connectivity index (χ0n) is 14.5. The van der Waals surface area contributed by atoms with Crippen molar-refractivity contribution < 1.29 is 9.53 Å². The quantitative estimate of drug-likeness (QED) is 0.709. The van der Waals surface area contributed by atoms with Crippen molar-refractivity contribution in [3.05, 3.63) is 68.5 Å². The summed E-state index contributed by atoms with van der Waals surface area (Å²) in [5, 5.41) is 7.25. The minimum Gasteiger partial charge on any atom is -0.497 e. The van der Waals surface area contributed by atoms with Gasteiger partial charge in [-0.15, -0.1) is 22.7 Å². The van der Waals surface area contributed by atoms with Crippen molar-refractivity contribution in [2.75, 3.05) is 25.5 Å². The zero-order valence-corrected chi connectivity index (χ0v) is 16.1. The van der Waals surface area contributed by atoms with E-state index in [2.05, 4.69) is 39.2 Å². The molecule has 1 aliphatic heterocycles. The molecule has 4 rings (SSSR count). The SMILES string of the molecule is COc1cccc(NC(=O)CN2CCc3sccc3[C@@H]2c2cccs2)c1. The van der Waals surface area contributed by atoms with Crippen LogP contribution in [-0.2, 0) is 11.2 Å². The lowest BCUT2D eigenvalue weighted by Gasteiger charge is -2.34. The first kappa shape index (κ1) is 17.3. The number of nitrogens with one attached hydrogen (secondary N) is 1. The maximum absolute atomic E-state index is 12.7. The molecular formula is C20H20N2O2S2. The summed E-state index contributed by atoms with van der Waals surface area (Å²) < 4.78 is 5.22. The van der Waals surface area contributed by atoms with Crippen molar-refractivity contribution in [2.24, 2.45) is 0 Å². The second-order valence-corrected chi connectivity index (χ2v) is 8.20. The van der Waals surface area contributed by atoms with E-state index in [1.54, 1.807) is 18.4 Å². The van der Waals surface area contributed by atoms with E-state index in [1.807, 2.05) is 35.6 Å². The van der Waals surface area contributed by atoms with Crippen LogP contribution in [0.3, 0.4) is 0 Å². The van der Waals surface area contributed by atoms with E-state index in [-0.39, 0.29) is 11.9 Å². The Morgan fingerprint density at radius 1 is 1.23 bits per heavy atom. The number of benzene rings is 1. The molecule has 3 aromatic rings. The third-order valence-corrected chi connectivity index (χ3v) is 6.50. The monoisotopic (exact) mass is 384 g/mol. The van der Waals surface area contributed by atoms with Gasteiger partial charge in [0.2, 0.25) is 5.91 Å². The van der Waals surface area contributed by atoms with Crippen molar-refractivity contribution in [1.29, 1.82) is 0 Å². The molecule has 1 amide bonds. The number of carbonyl (C=O) groups is 1. The second kappa shape index (κ2) is 7.61. The maximum Gasteiger partial charge on any atom is 0.238 e. The van der Waals surface area contributed by atoms with Crippen LogP contribution in [0.2, 0.25) is 0 Å². The van der Waals surface area contributed by atoms with E-state index < -0.39 is 0 Å². The van der Waals surface area contributed by atoms with Crippen molar-refractivity contribution >= 4 is 34.3 Å². The van der Waals surface area contributed by atoms with E-state index in [9.17, 15) is 4.79 Å². The highest BCUT2D eigenvalue weighted by molar-refractivity contribution is 7.10. The summed E-state index contributed by atoms with van der Waals surface area (Å²) in [5.41, 5.74) is 2.10. The van der Waals surface area contributed by atoms with Gasteiger partial charge in [0.15, 0.2) is 0 Å². The van der Waals surface area contributed by atoms with Crippen LogP contribution in [-0.4, -0.2) is 31.0 Å². The van der Waals surface area contributed by atoms with E-state index in [4.69, 9.17) is 4.74 Å². The van der Waals surface area contributed by atoms with Crippen LogP contribution in [0.4, 0.5) is 5.69 Å². The molecule has 0 radical (unpaired) electrons. The molecule has 134 valence electrons. The number of thiophene rings is 2. The molecule has 0 saturated heterocycles. The average molecular weight is 385 g/mol. The number of fused-ring (bicyclic) bond motifs is 1. The summed E-state index contributed by atoms with van der Waals surface area (Å²) in [5.74, 6) is 0.735. The fraction of sp³-hybridized carbons (Fsp3) is 0.250. The largest absolute Gasteiger partial charge is 0.497 e. The Balaban J connectivity index is 1.52. The fourth-order valence-electron chi connectivity index (χ4n) is 3.40. The Morgan fingerprint density at radius 3 is 2.96 bits per heavy atom. The lowest BCUT2D eigenvalue weighted by Crippen LogP contribution is -2.40. The number of hydrogen-bond donors (Lipinski definition) is 1. The van der Waals surface area contributed by atoms with Crippen molar-refractivity contribution in [3.63, 3.8) is 0 Å². The van der Waals surface area contributed by atoms with Gasteiger partial charge in [-0.3, -0.25) is 9.69 Å². The van der Waals surface area contributed by atoms with Gasteiger partial charge in [0.25, 0.3) is 0 Å². The second-order valence-electron chi connectivity index (χ2n) is 6.22. The van der Waals surface area contributed by atoms with Gasteiger partial charge in [-0.05, 0) is 47.0 Å². The van der Waals surface area contributed by atoms with Gasteiger partial charge in [0, 0.05) is 28.1 Å². The Hall–Kier alpha value is -2.15. The third-order valence-electron chi connectivity index (χ3n) is 4.58. The summed E-state index contributed by atoms with van der Waals surface area (Å²) in [6.45, 7) is 1.26. The van der Waals surface area contributed by atoms with Crippen molar-refractivity contribution in [2.45, 2.75) is 12.5 Å². The van der Waals surface area contributed by atoms with Gasteiger partial charge in [-0.1, -0.05) is 12.1 Å². The van der Waals surface area contributed by atoms with Gasteiger partial charge in [-0.25, -0.2) is 0 Å². The Morgan fingerprint density at radius 2 is 2.15 bits per heavy atom. The molecule has 1 N–H and O–H groups in total. The van der Waals surface area contributed by atoms with E-state index in [1.165, 1.54) is 15.3 Å². The van der Waals surface area contributed by atoms with E-state index in [0.29, 0.717) is 6.54 Å². The van der Waals surface area contributed by atoms with Gasteiger partial charge in [0.05, 0.1) is 19.7 Å². The van der Waals surface area contributed by atoms with Crippen LogP contribution >= 0.6 is 22.7 Å². The highest BCUT2D eigenvalue weighted by atomic mass is 32.1. The molecule has 0 spiro atoms. The highest BCUT2D eigenvalue weighted by Crippen LogP contribution is 2.39. The van der Waals surface area contributed by atoms with Gasteiger partial charge in [-0.2, -0.15) is 0 Å². The minimum absolute atomic E-state index is 0.00140. The van der Waals surface area contributed by atoms with Crippen LogP contribution in [0.25, 0.3) is 0 Å². The van der Waals surface area contributed by atoms with Gasteiger partial charge >= 0.3 is 0 Å². The van der Waals surface area contributed by atoms with Crippen LogP contribution < -0.4 is 10.1 Å². The van der Waals surface area contributed by atoms with Crippen LogP contribution in [0.1, 0.15) is 21.4 Å². The van der Waals surface area contributed by atoms with Crippen LogP contribution in [0.5, 0.6) is 5.75 Å². The molecule has 1 aliphatic rings. The highest BCUT2D eigenvalue weighted by Gasteiger charge is 2.31. The molecule has 2 aromatic heterocycles. The number of methoxy groups -OCH3 is 1. The molecular weight excluding hydrogens is 364 g/mol. The summed E-state index contributed by atoms with van der Waals surface area (Å²) in [6.07, 6.45) is 1.00. The first-order valence-corrected chi connectivity index (χ1v) is 10.3. The number of carbonyl (C=O) groups excluding carboxylic acids is 1. The molecule has 3 heterocycles. The predicted molar refractivity (Wildman–Crippen MR) is 107 cm³/mol. The lowest BCUT2D eigenvalue weighted by atomic mass is 9.98. The number of rotatable bonds is 5. The molecule has 1 atom stereocenters. The molecule has 0 fully saturated rings. The minimum atomic E-state index is -0.00140.